The minimum absolute atomic E-state index is 0.0173. The molecule has 8 heteroatoms. The fraction of sp³-hybridized carbons (Fsp3) is 0.840. The first-order valence-corrected chi connectivity index (χ1v) is 12.7. The number of aromatic nitrogens is 3. The van der Waals surface area contributed by atoms with Gasteiger partial charge < -0.3 is 15.3 Å². The van der Waals surface area contributed by atoms with E-state index in [4.69, 9.17) is 0 Å². The summed E-state index contributed by atoms with van der Waals surface area (Å²) in [7, 11) is 1.77. The molecule has 0 aromatic carbocycles. The first-order valence-electron chi connectivity index (χ1n) is 12.7. The van der Waals surface area contributed by atoms with Crippen LogP contribution in [0.2, 0.25) is 0 Å². The molecule has 33 heavy (non-hydrogen) atoms. The van der Waals surface area contributed by atoms with E-state index in [2.05, 4.69) is 62.2 Å². The predicted molar refractivity (Wildman–Crippen MR) is 131 cm³/mol. The zero-order valence-electron chi connectivity index (χ0n) is 21.6. The highest BCUT2D eigenvalue weighted by Gasteiger charge is 2.44. The molecular formula is C25H44N6O2. The van der Waals surface area contributed by atoms with Crippen LogP contribution >= 0.6 is 0 Å². The maximum absolute atomic E-state index is 13.5. The monoisotopic (exact) mass is 460 g/mol. The normalized spacial score (nSPS) is 24.6. The molecule has 1 saturated heterocycles. The molecule has 0 bridgehead atoms. The number of rotatable bonds is 9. The Labute approximate surface area is 199 Å². The van der Waals surface area contributed by atoms with E-state index >= 15 is 0 Å². The Hall–Kier alpha value is -1.96. The summed E-state index contributed by atoms with van der Waals surface area (Å²) >= 11 is 0. The number of nitrogens with one attached hydrogen (secondary N) is 1. The Bertz CT molecular complexity index is 825. The van der Waals surface area contributed by atoms with Gasteiger partial charge in [0, 0.05) is 38.2 Å². The number of β-amino-alcohol motifs (C(OH)–C–C–N with tert-alkyl or cyclic N) is 1. The van der Waals surface area contributed by atoms with Gasteiger partial charge in [-0.2, -0.15) is 0 Å². The molecule has 1 aliphatic carbocycles. The van der Waals surface area contributed by atoms with Crippen molar-refractivity contribution in [3.63, 3.8) is 0 Å². The van der Waals surface area contributed by atoms with Crippen molar-refractivity contribution in [1.82, 2.24) is 25.2 Å². The smallest absolute Gasteiger partial charge is 0.243 e. The maximum Gasteiger partial charge on any atom is 0.243 e. The van der Waals surface area contributed by atoms with Gasteiger partial charge in [-0.25, -0.2) is 4.68 Å². The van der Waals surface area contributed by atoms with Crippen LogP contribution in [0.1, 0.15) is 97.7 Å². The van der Waals surface area contributed by atoms with Crippen LogP contribution in [0.25, 0.3) is 0 Å². The first kappa shape index (κ1) is 25.7. The predicted octanol–water partition coefficient (Wildman–Crippen LogP) is 3.54. The molecule has 5 unspecified atom stereocenters. The number of likely N-dealkylation sites (tertiary alicyclic amines) is 1. The Kier molecular flexibility index (Phi) is 8.19. The minimum atomic E-state index is -0.566. The van der Waals surface area contributed by atoms with E-state index in [0.29, 0.717) is 24.8 Å². The molecular weight excluding hydrogens is 416 g/mol. The second-order valence-electron chi connectivity index (χ2n) is 11.1. The Morgan fingerprint density at radius 3 is 2.58 bits per heavy atom. The highest BCUT2D eigenvalue weighted by atomic mass is 16.3. The van der Waals surface area contributed by atoms with Gasteiger partial charge in [0.15, 0.2) is 0 Å². The molecule has 0 radical (unpaired) electrons. The maximum atomic E-state index is 13.5. The first-order chi connectivity index (χ1) is 15.6. The van der Waals surface area contributed by atoms with Crippen molar-refractivity contribution in [2.24, 2.45) is 16.3 Å². The van der Waals surface area contributed by atoms with Crippen molar-refractivity contribution in [3.05, 3.63) is 11.9 Å². The number of hydrogen-bond donors (Lipinski definition) is 2. The van der Waals surface area contributed by atoms with Crippen LogP contribution in [-0.2, 0) is 4.79 Å². The van der Waals surface area contributed by atoms with Gasteiger partial charge in [0.05, 0.1) is 11.8 Å². The summed E-state index contributed by atoms with van der Waals surface area (Å²) < 4.78 is 1.91. The van der Waals surface area contributed by atoms with Crippen molar-refractivity contribution < 1.29 is 9.90 Å². The number of nitrogens with zero attached hydrogens (tertiary/aromatic N) is 5. The van der Waals surface area contributed by atoms with E-state index in [-0.39, 0.29) is 23.4 Å². The molecule has 3 rings (SSSR count). The zero-order chi connectivity index (χ0) is 24.3. The number of aliphatic hydroxyl groups is 1. The van der Waals surface area contributed by atoms with E-state index in [9.17, 15) is 9.90 Å². The van der Waals surface area contributed by atoms with Crippen molar-refractivity contribution in [3.8, 4) is 0 Å². The Morgan fingerprint density at radius 1 is 1.33 bits per heavy atom. The van der Waals surface area contributed by atoms with Gasteiger partial charge in [0.1, 0.15) is 17.9 Å². The fourth-order valence-electron chi connectivity index (χ4n) is 4.98. The number of carbonyl (C=O) groups is 1. The molecule has 0 spiro atoms. The van der Waals surface area contributed by atoms with E-state index in [1.807, 2.05) is 15.8 Å². The molecule has 2 N–H and O–H groups in total. The van der Waals surface area contributed by atoms with Crippen LogP contribution in [0, 0.1) is 11.3 Å². The topological polar surface area (TPSA) is 95.6 Å². The lowest BCUT2D eigenvalue weighted by atomic mass is 9.85. The third-order valence-corrected chi connectivity index (χ3v) is 7.22. The average molecular weight is 461 g/mol. The summed E-state index contributed by atoms with van der Waals surface area (Å²) in [6.45, 7) is 13.4. The van der Waals surface area contributed by atoms with Crippen molar-refractivity contribution in [1.29, 1.82) is 0 Å². The molecule has 2 heterocycles. The van der Waals surface area contributed by atoms with E-state index in [1.54, 1.807) is 7.05 Å². The molecule has 1 aliphatic heterocycles. The van der Waals surface area contributed by atoms with Gasteiger partial charge in [-0.3, -0.25) is 9.79 Å². The van der Waals surface area contributed by atoms with Crippen LogP contribution in [-0.4, -0.2) is 68.5 Å². The molecule has 1 aromatic rings. The second-order valence-corrected chi connectivity index (χ2v) is 11.1. The summed E-state index contributed by atoms with van der Waals surface area (Å²) in [5, 5.41) is 22.8. The third kappa shape index (κ3) is 5.94. The summed E-state index contributed by atoms with van der Waals surface area (Å²) in [6, 6.07) is -0.494. The van der Waals surface area contributed by atoms with Crippen LogP contribution < -0.4 is 5.32 Å². The van der Waals surface area contributed by atoms with Gasteiger partial charge >= 0.3 is 0 Å². The van der Waals surface area contributed by atoms with E-state index in [1.165, 1.54) is 12.8 Å². The molecule has 1 amide bonds. The van der Waals surface area contributed by atoms with Gasteiger partial charge in [-0.1, -0.05) is 59.6 Å². The van der Waals surface area contributed by atoms with E-state index < -0.39 is 12.1 Å². The Morgan fingerprint density at radius 2 is 2.03 bits per heavy atom. The van der Waals surface area contributed by atoms with Crippen LogP contribution in [0.15, 0.2) is 11.2 Å². The summed E-state index contributed by atoms with van der Waals surface area (Å²) in [4.78, 5) is 20.2. The number of aliphatic imine (C=N–C) groups is 1. The van der Waals surface area contributed by atoms with Crippen molar-refractivity contribution >= 4 is 11.7 Å². The number of aliphatic hydroxyl groups excluding tert-OH is 1. The van der Waals surface area contributed by atoms with Gasteiger partial charge in [-0.05, 0) is 30.6 Å². The van der Waals surface area contributed by atoms with Gasteiger partial charge in [-0.15, -0.1) is 5.10 Å². The van der Waals surface area contributed by atoms with E-state index in [0.717, 1.165) is 30.8 Å². The molecule has 2 fully saturated rings. The summed E-state index contributed by atoms with van der Waals surface area (Å²) in [5.41, 5.74) is 0.825. The number of carbonyl (C=O) groups excluding carboxylic acids is 1. The average Bonchev–Trinajstić information content (AvgIpc) is 3.37. The lowest BCUT2D eigenvalue weighted by Gasteiger charge is -2.38. The van der Waals surface area contributed by atoms with Gasteiger partial charge in [0.2, 0.25) is 5.91 Å². The molecule has 5 atom stereocenters. The fourth-order valence-corrected chi connectivity index (χ4v) is 4.98. The summed E-state index contributed by atoms with van der Waals surface area (Å²) in [6.07, 6.45) is 7.22. The largest absolute Gasteiger partial charge is 0.391 e. The molecule has 1 aromatic heterocycles. The summed E-state index contributed by atoms with van der Waals surface area (Å²) in [5.74, 6) is 1.69. The zero-order valence-corrected chi connectivity index (χ0v) is 21.6. The van der Waals surface area contributed by atoms with Crippen molar-refractivity contribution in [2.75, 3.05) is 13.6 Å². The third-order valence-electron chi connectivity index (χ3n) is 7.22. The molecule has 8 nitrogen and oxygen atoms in total. The minimum Gasteiger partial charge on any atom is -0.391 e. The lowest BCUT2D eigenvalue weighted by molar-refractivity contribution is -0.125. The van der Waals surface area contributed by atoms with Crippen LogP contribution in [0.5, 0.6) is 0 Å². The molecule has 2 aliphatic rings. The highest BCUT2D eigenvalue weighted by Crippen LogP contribution is 2.40. The van der Waals surface area contributed by atoms with Gasteiger partial charge in [0.25, 0.3) is 0 Å². The molecule has 1 saturated carbocycles. The number of hydrogen-bond acceptors (Lipinski definition) is 5. The number of amides is 1. The SMILES string of the molecule is CCCC(NC(=O)C1CC(O)CN1C(=NC)C(n1cc(C2CC2)nn1)C(C)(C)C)C(C)CC. The standard InChI is InChI=1S/C25H44N6O2/c1-8-10-19(16(3)9-2)27-24(33)21-13-18(32)14-30(21)23(26-7)22(25(4,5)6)31-15-20(28-29-31)17-11-12-17/h15-19,21-22,32H,8-14H2,1-7H3,(H,27,33). The lowest BCUT2D eigenvalue weighted by Crippen LogP contribution is -2.53. The highest BCUT2D eigenvalue weighted by molar-refractivity contribution is 5.93. The van der Waals surface area contributed by atoms with Crippen LogP contribution in [0.4, 0.5) is 0 Å². The Balaban J connectivity index is 1.87. The quantitative estimate of drug-likeness (QED) is 0.434. The second kappa shape index (κ2) is 10.5. The van der Waals surface area contributed by atoms with Crippen molar-refractivity contribution in [2.45, 2.75) is 110 Å². The molecule has 186 valence electrons. The number of amidine groups is 1. The van der Waals surface area contributed by atoms with Crippen LogP contribution in [0.3, 0.4) is 0 Å².